The Balaban J connectivity index is 0.00000196. The van der Waals surface area contributed by atoms with E-state index in [1.807, 2.05) is 6.92 Å². The summed E-state index contributed by atoms with van der Waals surface area (Å²) in [7, 11) is 0. The van der Waals surface area contributed by atoms with Crippen molar-refractivity contribution in [1.82, 2.24) is 10.6 Å². The summed E-state index contributed by atoms with van der Waals surface area (Å²) in [6, 6.07) is -0.716. The second kappa shape index (κ2) is 6.98. The molecule has 5 nitrogen and oxygen atoms in total. The molecule has 15 heavy (non-hydrogen) atoms. The minimum atomic E-state index is -0.716. The van der Waals surface area contributed by atoms with E-state index in [0.717, 1.165) is 19.3 Å². The maximum Gasteiger partial charge on any atom is 0.328 e. The Morgan fingerprint density at radius 1 is 1.07 bits per heavy atom. The first-order valence-corrected chi connectivity index (χ1v) is 4.81. The van der Waals surface area contributed by atoms with Gasteiger partial charge in [0.25, 0.3) is 0 Å². The van der Waals surface area contributed by atoms with Crippen LogP contribution in [-0.2, 0) is 9.59 Å². The molecular weight excluding hydrogens is 207 g/mol. The number of urea groups is 1. The first kappa shape index (κ1) is 14.6. The fourth-order valence-electron chi connectivity index (χ4n) is 1.41. The first-order chi connectivity index (χ1) is 6.65. The standard InChI is InChI=1S/C9H14N2O3.Na/c1-2-3-4-5-6-7(12)10-9(14)11-8(6)13;/h6H,2-5H2,1H3,(H2,10,11,12,13,14);. The molecule has 1 heterocycles. The normalized spacial score (nSPS) is 16.7. The summed E-state index contributed by atoms with van der Waals surface area (Å²) >= 11 is 0. The monoisotopic (exact) mass is 221 g/mol. The molecule has 2 N–H and O–H groups in total. The van der Waals surface area contributed by atoms with E-state index in [1.165, 1.54) is 0 Å². The number of rotatable bonds is 4. The molecule has 1 rings (SSSR count). The van der Waals surface area contributed by atoms with Crippen LogP contribution in [0.1, 0.15) is 32.6 Å². The second-order valence-electron chi connectivity index (χ2n) is 3.36. The van der Waals surface area contributed by atoms with E-state index in [9.17, 15) is 14.4 Å². The van der Waals surface area contributed by atoms with E-state index in [4.69, 9.17) is 0 Å². The summed E-state index contributed by atoms with van der Waals surface area (Å²) in [5.74, 6) is -1.65. The Bertz CT molecular complexity index is 248. The van der Waals surface area contributed by atoms with Crippen molar-refractivity contribution >= 4 is 47.4 Å². The van der Waals surface area contributed by atoms with Crippen molar-refractivity contribution in [3.05, 3.63) is 0 Å². The zero-order valence-corrected chi connectivity index (χ0v) is 11.1. The number of carbonyl (C=O) groups is 3. The molecule has 1 aliphatic heterocycles. The van der Waals surface area contributed by atoms with Gasteiger partial charge in [0.05, 0.1) is 0 Å². The number of barbiturate groups is 1. The summed E-state index contributed by atoms with van der Waals surface area (Å²) in [5.41, 5.74) is 0. The third-order valence-electron chi connectivity index (χ3n) is 2.20. The Kier molecular flexibility index (Phi) is 6.80. The molecule has 0 aromatic carbocycles. The zero-order valence-electron chi connectivity index (χ0n) is 9.13. The molecule has 1 aliphatic rings. The molecule has 1 fully saturated rings. The van der Waals surface area contributed by atoms with Crippen LogP contribution in [0.2, 0.25) is 0 Å². The van der Waals surface area contributed by atoms with Gasteiger partial charge in [-0.1, -0.05) is 26.2 Å². The van der Waals surface area contributed by atoms with Crippen molar-refractivity contribution in [2.24, 2.45) is 5.92 Å². The third-order valence-corrected chi connectivity index (χ3v) is 2.20. The van der Waals surface area contributed by atoms with E-state index < -0.39 is 23.8 Å². The van der Waals surface area contributed by atoms with Gasteiger partial charge in [0.1, 0.15) is 5.92 Å². The van der Waals surface area contributed by atoms with Crippen molar-refractivity contribution in [3.63, 3.8) is 0 Å². The Morgan fingerprint density at radius 3 is 2.07 bits per heavy atom. The van der Waals surface area contributed by atoms with E-state index in [-0.39, 0.29) is 29.6 Å². The predicted molar refractivity (Wildman–Crippen MR) is 55.1 cm³/mol. The Hall–Kier alpha value is -0.390. The van der Waals surface area contributed by atoms with Gasteiger partial charge in [-0.15, -0.1) is 0 Å². The quantitative estimate of drug-likeness (QED) is 0.403. The van der Waals surface area contributed by atoms with Crippen LogP contribution in [0.25, 0.3) is 0 Å². The Morgan fingerprint density at radius 2 is 1.60 bits per heavy atom. The van der Waals surface area contributed by atoms with Crippen molar-refractivity contribution in [3.8, 4) is 0 Å². The van der Waals surface area contributed by atoms with Gasteiger partial charge in [-0.3, -0.25) is 20.2 Å². The smallest absolute Gasteiger partial charge is 0.277 e. The van der Waals surface area contributed by atoms with E-state index in [0.29, 0.717) is 6.42 Å². The molecule has 0 bridgehead atoms. The van der Waals surface area contributed by atoms with Crippen LogP contribution in [-0.4, -0.2) is 47.4 Å². The number of unbranched alkanes of at least 4 members (excludes halogenated alkanes) is 2. The summed E-state index contributed by atoms with van der Waals surface area (Å²) in [4.78, 5) is 33.1. The van der Waals surface area contributed by atoms with Gasteiger partial charge in [-0.2, -0.15) is 0 Å². The van der Waals surface area contributed by atoms with Crippen molar-refractivity contribution < 1.29 is 14.4 Å². The molecule has 0 saturated carbocycles. The molecule has 0 aliphatic carbocycles. The number of nitrogens with one attached hydrogen (secondary N) is 2. The van der Waals surface area contributed by atoms with Crippen molar-refractivity contribution in [2.45, 2.75) is 32.6 Å². The van der Waals surface area contributed by atoms with Crippen LogP contribution >= 0.6 is 0 Å². The molecule has 6 heteroatoms. The van der Waals surface area contributed by atoms with Crippen LogP contribution in [0, 0.1) is 5.92 Å². The predicted octanol–water partition coefficient (Wildman–Crippen LogP) is 0.168. The van der Waals surface area contributed by atoms with Crippen LogP contribution in [0.4, 0.5) is 4.79 Å². The fraction of sp³-hybridized carbons (Fsp3) is 0.667. The van der Waals surface area contributed by atoms with E-state index in [2.05, 4.69) is 10.6 Å². The van der Waals surface area contributed by atoms with Crippen LogP contribution < -0.4 is 10.6 Å². The molecule has 0 unspecified atom stereocenters. The Labute approximate surface area is 111 Å². The van der Waals surface area contributed by atoms with Gasteiger partial charge in [0.15, 0.2) is 0 Å². The van der Waals surface area contributed by atoms with Gasteiger partial charge in [-0.05, 0) is 6.42 Å². The van der Waals surface area contributed by atoms with Crippen LogP contribution in [0.3, 0.4) is 0 Å². The number of hydrogen-bond acceptors (Lipinski definition) is 3. The largest absolute Gasteiger partial charge is 0.328 e. The summed E-state index contributed by atoms with van der Waals surface area (Å²) in [6.45, 7) is 2.05. The summed E-state index contributed by atoms with van der Waals surface area (Å²) in [5, 5.41) is 4.15. The number of hydrogen-bond donors (Lipinski definition) is 2. The van der Waals surface area contributed by atoms with Gasteiger partial charge in [0.2, 0.25) is 11.8 Å². The molecule has 4 amide bonds. The zero-order chi connectivity index (χ0) is 10.6. The second-order valence-corrected chi connectivity index (χ2v) is 3.36. The fourth-order valence-corrected chi connectivity index (χ4v) is 1.41. The van der Waals surface area contributed by atoms with Crippen molar-refractivity contribution in [2.75, 3.05) is 0 Å². The van der Waals surface area contributed by atoms with Crippen LogP contribution in [0.5, 0.6) is 0 Å². The third kappa shape index (κ3) is 4.32. The minimum Gasteiger partial charge on any atom is -0.277 e. The first-order valence-electron chi connectivity index (χ1n) is 4.81. The summed E-state index contributed by atoms with van der Waals surface area (Å²) in [6.07, 6.45) is 3.37. The van der Waals surface area contributed by atoms with Gasteiger partial charge >= 0.3 is 6.03 Å². The number of amides is 4. The minimum absolute atomic E-state index is 0. The number of imide groups is 2. The SMILES string of the molecule is CCCCCC1C(=O)NC(=O)NC1=O.[Na]. The van der Waals surface area contributed by atoms with Crippen molar-refractivity contribution in [1.29, 1.82) is 0 Å². The average Bonchev–Trinajstić information content (AvgIpc) is 2.09. The maximum atomic E-state index is 11.2. The maximum absolute atomic E-state index is 11.2. The molecule has 1 radical (unpaired) electrons. The molecule has 79 valence electrons. The molecule has 0 aromatic rings. The van der Waals surface area contributed by atoms with Crippen LogP contribution in [0.15, 0.2) is 0 Å². The topological polar surface area (TPSA) is 75.3 Å². The number of carbonyl (C=O) groups excluding carboxylic acids is 3. The molecule has 0 spiro atoms. The van der Waals surface area contributed by atoms with Gasteiger partial charge in [0, 0.05) is 29.6 Å². The van der Waals surface area contributed by atoms with E-state index >= 15 is 0 Å². The molecular formula is C9H14N2NaO3. The molecule has 1 saturated heterocycles. The molecule has 0 aromatic heterocycles. The summed E-state index contributed by atoms with van der Waals surface area (Å²) < 4.78 is 0. The molecule has 0 atom stereocenters. The van der Waals surface area contributed by atoms with Gasteiger partial charge < -0.3 is 0 Å². The van der Waals surface area contributed by atoms with Gasteiger partial charge in [-0.25, -0.2) is 4.79 Å². The average molecular weight is 221 g/mol. The van der Waals surface area contributed by atoms with E-state index in [1.54, 1.807) is 0 Å².